The van der Waals surface area contributed by atoms with Gasteiger partial charge in [-0.2, -0.15) is 5.10 Å². The second-order valence-electron chi connectivity index (χ2n) is 16.6. The van der Waals surface area contributed by atoms with Crippen molar-refractivity contribution in [3.63, 3.8) is 0 Å². The zero-order valence-corrected chi connectivity index (χ0v) is 36.0. The third kappa shape index (κ3) is 11.0. The molecule has 2 aromatic carbocycles. The molecule has 0 atom stereocenters. The maximum atomic E-state index is 12.0. The molecule has 2 aliphatic rings. The van der Waals surface area contributed by atoms with Crippen LogP contribution in [0.2, 0.25) is 0 Å². The van der Waals surface area contributed by atoms with Gasteiger partial charge >= 0.3 is 24.0 Å². The minimum Gasteiger partial charge on any atom is -0.476 e. The van der Waals surface area contributed by atoms with Gasteiger partial charge in [-0.1, -0.05) is 12.1 Å². The second-order valence-corrected chi connectivity index (χ2v) is 16.6. The lowest BCUT2D eigenvalue weighted by molar-refractivity contribution is 0.0592. The van der Waals surface area contributed by atoms with Crippen LogP contribution in [-0.2, 0) is 40.1 Å². The molecule has 0 aliphatic carbocycles. The van der Waals surface area contributed by atoms with Crippen molar-refractivity contribution in [2.24, 2.45) is 0 Å². The summed E-state index contributed by atoms with van der Waals surface area (Å²) in [4.78, 5) is 59.9. The van der Waals surface area contributed by atoms with E-state index in [1.54, 1.807) is 81.0 Å². The van der Waals surface area contributed by atoms with Gasteiger partial charge in [-0.25, -0.2) is 38.2 Å². The van der Waals surface area contributed by atoms with Crippen LogP contribution in [-0.4, -0.2) is 102 Å². The molecule has 0 bridgehead atoms. The van der Waals surface area contributed by atoms with Gasteiger partial charge in [-0.15, -0.1) is 5.10 Å². The number of aliphatic hydroxyl groups is 1. The number of benzene rings is 2. The molecular formula is C44H51N9O9. The lowest BCUT2D eigenvalue weighted by atomic mass is 10.1. The quantitative estimate of drug-likeness (QED) is 0.130. The first-order valence-corrected chi connectivity index (χ1v) is 19.9. The number of amides is 1. The van der Waals surface area contributed by atoms with E-state index in [2.05, 4.69) is 35.3 Å². The van der Waals surface area contributed by atoms with Crippen molar-refractivity contribution in [3.8, 4) is 0 Å². The number of methoxy groups -OCH3 is 2. The molecule has 18 nitrogen and oxygen atoms in total. The van der Waals surface area contributed by atoms with Gasteiger partial charge in [0, 0.05) is 86.0 Å². The van der Waals surface area contributed by atoms with Gasteiger partial charge in [-0.3, -0.25) is 5.32 Å². The number of rotatable bonds is 6. The van der Waals surface area contributed by atoms with Gasteiger partial charge in [0.05, 0.1) is 42.3 Å². The Morgan fingerprint density at radius 3 is 1.61 bits per heavy atom. The van der Waals surface area contributed by atoms with E-state index in [9.17, 15) is 19.2 Å². The highest BCUT2D eigenvalue weighted by molar-refractivity contribution is 5.91. The summed E-state index contributed by atoms with van der Waals surface area (Å²) in [5, 5.41) is 29.0. The molecule has 62 heavy (non-hydrogen) atoms. The van der Waals surface area contributed by atoms with E-state index in [1.165, 1.54) is 20.3 Å². The van der Waals surface area contributed by atoms with E-state index in [0.29, 0.717) is 47.7 Å². The van der Waals surface area contributed by atoms with Crippen LogP contribution in [0.1, 0.15) is 95.3 Å². The summed E-state index contributed by atoms with van der Waals surface area (Å²) in [6, 6.07) is 17.9. The van der Waals surface area contributed by atoms with Gasteiger partial charge in [-0.05, 0) is 77.9 Å². The number of hydrogen-bond acceptors (Lipinski definition) is 14. The smallest absolute Gasteiger partial charge is 0.413 e. The monoisotopic (exact) mass is 849 g/mol. The predicted molar refractivity (Wildman–Crippen MR) is 230 cm³/mol. The summed E-state index contributed by atoms with van der Waals surface area (Å²) >= 11 is 0. The molecule has 0 saturated carbocycles. The van der Waals surface area contributed by atoms with Crippen LogP contribution in [0.25, 0.3) is 11.3 Å². The number of carbonyl (C=O) groups excluding carboxylic acids is 3. The Hall–Kier alpha value is -7.08. The lowest BCUT2D eigenvalue weighted by Crippen LogP contribution is -2.32. The number of nitrogens with zero attached hydrogens (tertiary/aromatic N) is 8. The average molecular weight is 850 g/mol. The van der Waals surface area contributed by atoms with E-state index in [-0.39, 0.29) is 17.6 Å². The highest BCUT2D eigenvalue weighted by Gasteiger charge is 2.24. The van der Waals surface area contributed by atoms with Crippen molar-refractivity contribution >= 4 is 52.5 Å². The van der Waals surface area contributed by atoms with E-state index >= 15 is 0 Å². The third-order valence-electron chi connectivity index (χ3n) is 9.41. The summed E-state index contributed by atoms with van der Waals surface area (Å²) in [7, 11) is 2.73. The highest BCUT2D eigenvalue weighted by atomic mass is 16.6. The number of carboxylic acids is 1. The standard InChI is InChI=1S/C22H25N5O4.C18H16N4O4.C4H10O/c1-22(2,3)31-21(29)24-18-11-19-23-12-15-13-26(9-8-17(15)27(19)25-18)16-7-5-6-14(10-16)20(28)30-4;1-26-18(25)11-3-2-4-13(7-11)21-6-5-15-12(10-21)9-19-16-8-14(17(23)24)20-22(15)16;1-4(2,3)5/h5-7,10-12H,8-9,13H2,1-4H3,(H,24,25,29);2-4,7-9H,5-6,10H2,1H3,(H,23,24);5H,1-3H3. The molecule has 0 fully saturated rings. The Kier molecular flexibility index (Phi) is 13.1. The summed E-state index contributed by atoms with van der Waals surface area (Å²) in [6.07, 6.45) is 4.47. The van der Waals surface area contributed by atoms with Crippen LogP contribution in [0, 0.1) is 0 Å². The Morgan fingerprint density at radius 1 is 0.694 bits per heavy atom. The molecule has 0 unspecified atom stereocenters. The molecular weight excluding hydrogens is 799 g/mol. The second kappa shape index (κ2) is 18.3. The summed E-state index contributed by atoms with van der Waals surface area (Å²) in [5.74, 6) is -1.40. The lowest BCUT2D eigenvalue weighted by Gasteiger charge is -2.30. The van der Waals surface area contributed by atoms with Gasteiger partial charge in [0.1, 0.15) is 5.60 Å². The molecule has 0 saturated heterocycles. The van der Waals surface area contributed by atoms with E-state index < -0.39 is 23.3 Å². The number of aromatic nitrogens is 6. The van der Waals surface area contributed by atoms with Crippen molar-refractivity contribution in [2.75, 3.05) is 42.4 Å². The number of carbonyl (C=O) groups is 4. The first-order valence-electron chi connectivity index (χ1n) is 19.9. The van der Waals surface area contributed by atoms with E-state index in [0.717, 1.165) is 53.4 Å². The third-order valence-corrected chi connectivity index (χ3v) is 9.41. The molecule has 3 N–H and O–H groups in total. The average Bonchev–Trinajstić information content (AvgIpc) is 3.87. The fraction of sp³-hybridized carbons (Fsp3) is 0.364. The minimum atomic E-state index is -1.07. The molecule has 1 amide bonds. The Morgan fingerprint density at radius 2 is 1.16 bits per heavy atom. The Bertz CT molecular complexity index is 2620. The molecule has 2 aliphatic heterocycles. The molecule has 8 rings (SSSR count). The van der Waals surface area contributed by atoms with Crippen LogP contribution in [0.3, 0.4) is 0 Å². The van der Waals surface area contributed by atoms with Crippen LogP contribution in [0.4, 0.5) is 22.0 Å². The fourth-order valence-electron chi connectivity index (χ4n) is 6.79. The number of fused-ring (bicyclic) bond motifs is 6. The van der Waals surface area contributed by atoms with Crippen LogP contribution < -0.4 is 15.1 Å². The zero-order valence-electron chi connectivity index (χ0n) is 36.0. The largest absolute Gasteiger partial charge is 0.476 e. The first-order chi connectivity index (χ1) is 29.3. The van der Waals surface area contributed by atoms with Crippen molar-refractivity contribution in [2.45, 2.75) is 78.7 Å². The normalized spacial score (nSPS) is 13.4. The van der Waals surface area contributed by atoms with Gasteiger partial charge in [0.2, 0.25) is 0 Å². The number of ether oxygens (including phenoxy) is 3. The molecule has 18 heteroatoms. The maximum Gasteiger partial charge on any atom is 0.413 e. The van der Waals surface area contributed by atoms with E-state index in [4.69, 9.17) is 24.4 Å². The Labute approximate surface area is 358 Å². The highest BCUT2D eigenvalue weighted by Crippen LogP contribution is 2.28. The fourth-order valence-corrected chi connectivity index (χ4v) is 6.79. The van der Waals surface area contributed by atoms with Gasteiger partial charge < -0.3 is 34.2 Å². The number of anilines is 3. The number of esters is 2. The number of hydrogen-bond donors (Lipinski definition) is 3. The van der Waals surface area contributed by atoms with E-state index in [1.807, 2.05) is 36.5 Å². The topological polar surface area (TPSA) is 215 Å². The molecule has 4 aromatic heterocycles. The number of aromatic carboxylic acids is 1. The molecule has 6 heterocycles. The Balaban J connectivity index is 0.000000189. The summed E-state index contributed by atoms with van der Waals surface area (Å²) < 4.78 is 18.3. The summed E-state index contributed by atoms with van der Waals surface area (Å²) in [5.41, 5.74) is 6.99. The van der Waals surface area contributed by atoms with Crippen molar-refractivity contribution in [3.05, 3.63) is 112 Å². The SMILES string of the molecule is CC(C)(C)O.COC(=O)c1cccc(N2CCc3c(cnc4cc(C(=O)O)nn34)C2)c1.COC(=O)c1cccc(N2CCc3c(cnc4cc(NC(=O)OC(C)(C)C)nn34)C2)c1. The predicted octanol–water partition coefficient (Wildman–Crippen LogP) is 5.98. The van der Waals surface area contributed by atoms with Crippen LogP contribution >= 0.6 is 0 Å². The van der Waals surface area contributed by atoms with Gasteiger partial charge in [0.25, 0.3) is 0 Å². The van der Waals surface area contributed by atoms with Gasteiger partial charge in [0.15, 0.2) is 22.8 Å². The summed E-state index contributed by atoms with van der Waals surface area (Å²) in [6.45, 7) is 13.4. The van der Waals surface area contributed by atoms with Crippen molar-refractivity contribution in [1.82, 2.24) is 29.2 Å². The molecule has 326 valence electrons. The van der Waals surface area contributed by atoms with Crippen LogP contribution in [0.15, 0.2) is 73.1 Å². The zero-order chi connectivity index (χ0) is 44.9. The maximum absolute atomic E-state index is 12.0. The number of carboxylic acid groups (broad SMARTS) is 1. The van der Waals surface area contributed by atoms with Crippen LogP contribution in [0.5, 0.6) is 0 Å². The molecule has 6 aromatic rings. The molecule has 0 spiro atoms. The first kappa shape index (κ1) is 44.5. The van der Waals surface area contributed by atoms with Crippen molar-refractivity contribution < 1.29 is 43.6 Å². The minimum absolute atomic E-state index is 0.0147. The van der Waals surface area contributed by atoms with Crippen molar-refractivity contribution in [1.29, 1.82) is 0 Å². The molecule has 0 radical (unpaired) electrons. The number of nitrogens with one attached hydrogen (secondary N) is 1.